The molecule has 0 aromatic heterocycles. The number of halogens is 2. The summed E-state index contributed by atoms with van der Waals surface area (Å²) in [6.07, 6.45) is 3.97. The van der Waals surface area contributed by atoms with Crippen LogP contribution in [0.25, 0.3) is 0 Å². The van der Waals surface area contributed by atoms with Gasteiger partial charge in [-0.15, -0.1) is 0 Å². The van der Waals surface area contributed by atoms with Crippen LogP contribution in [0.15, 0.2) is 116 Å². The molecule has 0 bridgehead atoms. The van der Waals surface area contributed by atoms with Crippen LogP contribution in [0.3, 0.4) is 0 Å². The van der Waals surface area contributed by atoms with Gasteiger partial charge in [0.05, 0.1) is 23.6 Å². The van der Waals surface area contributed by atoms with Gasteiger partial charge < -0.3 is 9.47 Å². The number of unbranched alkanes of at least 4 members (excludes halogenated alkanes) is 1. The molecule has 0 radical (unpaired) electrons. The largest absolute Gasteiger partial charge is 0.422 e. The summed E-state index contributed by atoms with van der Waals surface area (Å²) < 4.78 is 12.5. The van der Waals surface area contributed by atoms with Gasteiger partial charge in [0.15, 0.2) is 0 Å². The van der Waals surface area contributed by atoms with E-state index >= 15 is 0 Å². The molecule has 0 aliphatic heterocycles. The molecular weight excluding hydrogens is 720 g/mol. The van der Waals surface area contributed by atoms with Crippen LogP contribution < -0.4 is 20.3 Å². The quantitative estimate of drug-likeness (QED) is 0.0507. The van der Waals surface area contributed by atoms with Crippen molar-refractivity contribution in [2.24, 2.45) is 10.2 Å². The van der Waals surface area contributed by atoms with E-state index in [0.29, 0.717) is 35.1 Å². The van der Waals surface area contributed by atoms with E-state index < -0.39 is 11.9 Å². The topological polar surface area (TPSA) is 136 Å². The predicted octanol–water partition coefficient (Wildman–Crippen LogP) is 6.81. The summed E-state index contributed by atoms with van der Waals surface area (Å²) in [7, 11) is 0. The number of hydrazone groups is 2. The van der Waals surface area contributed by atoms with Crippen LogP contribution >= 0.6 is 31.9 Å². The number of carbonyl (C=O) groups is 4. The molecule has 4 rings (SSSR count). The van der Waals surface area contributed by atoms with Gasteiger partial charge in [0.2, 0.25) is 11.8 Å². The molecule has 2 amide bonds. The van der Waals surface area contributed by atoms with E-state index in [2.05, 4.69) is 52.9 Å². The SMILES string of the molecule is O=C(CCCCC(=O)NN=Cc1cc(Br)ccc1OC(=O)c1ccccc1)NN=Cc1cc(Br)ccc1OC(=O)c1ccccc1. The highest BCUT2D eigenvalue weighted by atomic mass is 79.9. The van der Waals surface area contributed by atoms with Crippen molar-refractivity contribution >= 4 is 68.0 Å². The molecule has 0 fully saturated rings. The van der Waals surface area contributed by atoms with Gasteiger partial charge in [-0.25, -0.2) is 20.4 Å². The monoisotopic (exact) mass is 746 g/mol. The summed E-state index contributed by atoms with van der Waals surface area (Å²) in [4.78, 5) is 49.4. The van der Waals surface area contributed by atoms with Crippen LogP contribution in [0, 0.1) is 0 Å². The third kappa shape index (κ3) is 10.9. The molecule has 46 heavy (non-hydrogen) atoms. The molecule has 10 nitrogen and oxygen atoms in total. The normalized spacial score (nSPS) is 10.9. The van der Waals surface area contributed by atoms with Crippen LogP contribution in [0.2, 0.25) is 0 Å². The minimum Gasteiger partial charge on any atom is -0.422 e. The van der Waals surface area contributed by atoms with Gasteiger partial charge in [-0.2, -0.15) is 10.2 Å². The molecule has 12 heteroatoms. The summed E-state index contributed by atoms with van der Waals surface area (Å²) in [5, 5.41) is 7.97. The molecule has 0 heterocycles. The molecule has 2 N–H and O–H groups in total. The maximum absolute atomic E-state index is 12.5. The lowest BCUT2D eigenvalue weighted by molar-refractivity contribution is -0.123. The highest BCUT2D eigenvalue weighted by molar-refractivity contribution is 9.10. The van der Waals surface area contributed by atoms with Crippen molar-refractivity contribution in [1.29, 1.82) is 0 Å². The number of carbonyl (C=O) groups excluding carboxylic acids is 4. The fourth-order valence-electron chi connectivity index (χ4n) is 3.92. The third-order valence-electron chi connectivity index (χ3n) is 6.21. The Labute approximate surface area is 282 Å². The Morgan fingerprint density at radius 1 is 0.587 bits per heavy atom. The summed E-state index contributed by atoms with van der Waals surface area (Å²) in [5.74, 6) is -1.13. The van der Waals surface area contributed by atoms with E-state index in [-0.39, 0.29) is 36.2 Å². The van der Waals surface area contributed by atoms with Gasteiger partial charge in [0.1, 0.15) is 11.5 Å². The molecule has 0 aliphatic rings. The summed E-state index contributed by atoms with van der Waals surface area (Å²) >= 11 is 6.76. The molecular formula is C34H28Br2N4O6. The minimum atomic E-state index is -0.515. The van der Waals surface area contributed by atoms with Crippen molar-refractivity contribution < 1.29 is 28.7 Å². The van der Waals surface area contributed by atoms with Gasteiger partial charge in [0, 0.05) is 32.9 Å². The number of rotatable bonds is 13. The molecule has 0 saturated heterocycles. The summed E-state index contributed by atoms with van der Waals surface area (Å²) in [6.45, 7) is 0. The zero-order valence-corrected chi connectivity index (χ0v) is 27.5. The Bertz CT molecular complexity index is 1620. The smallest absolute Gasteiger partial charge is 0.343 e. The zero-order valence-electron chi connectivity index (χ0n) is 24.3. The fraction of sp³-hybridized carbons (Fsp3) is 0.118. The first-order valence-electron chi connectivity index (χ1n) is 14.1. The lowest BCUT2D eigenvalue weighted by Gasteiger charge is -2.08. The van der Waals surface area contributed by atoms with Crippen LogP contribution in [0.5, 0.6) is 11.5 Å². The average molecular weight is 748 g/mol. The van der Waals surface area contributed by atoms with Crippen molar-refractivity contribution in [3.63, 3.8) is 0 Å². The lowest BCUT2D eigenvalue weighted by Crippen LogP contribution is -2.19. The van der Waals surface area contributed by atoms with Crippen molar-refractivity contribution in [3.05, 3.63) is 128 Å². The fourth-order valence-corrected chi connectivity index (χ4v) is 4.68. The number of esters is 2. The van der Waals surface area contributed by atoms with E-state index in [1.165, 1.54) is 12.4 Å². The van der Waals surface area contributed by atoms with E-state index in [1.807, 2.05) is 0 Å². The third-order valence-corrected chi connectivity index (χ3v) is 7.20. The highest BCUT2D eigenvalue weighted by Crippen LogP contribution is 2.24. The zero-order chi connectivity index (χ0) is 32.7. The van der Waals surface area contributed by atoms with Crippen molar-refractivity contribution in [3.8, 4) is 11.5 Å². The number of amides is 2. The number of ether oxygens (including phenoxy) is 2. The van der Waals surface area contributed by atoms with Crippen molar-refractivity contribution in [2.75, 3.05) is 0 Å². The number of benzene rings is 4. The van der Waals surface area contributed by atoms with E-state index in [0.717, 1.165) is 8.95 Å². The Hall–Kier alpha value is -4.94. The molecule has 0 saturated carbocycles. The average Bonchev–Trinajstić information content (AvgIpc) is 3.06. The predicted molar refractivity (Wildman–Crippen MR) is 181 cm³/mol. The molecule has 234 valence electrons. The van der Waals surface area contributed by atoms with Crippen molar-refractivity contribution in [1.82, 2.24) is 10.9 Å². The van der Waals surface area contributed by atoms with Crippen LogP contribution in [0.1, 0.15) is 57.5 Å². The molecule has 0 aliphatic carbocycles. The van der Waals surface area contributed by atoms with E-state index in [1.54, 1.807) is 97.1 Å². The van der Waals surface area contributed by atoms with Crippen LogP contribution in [0.4, 0.5) is 0 Å². The van der Waals surface area contributed by atoms with Gasteiger partial charge in [-0.05, 0) is 73.5 Å². The molecule has 4 aromatic carbocycles. The second kappa shape index (κ2) is 17.5. The maximum atomic E-state index is 12.5. The Kier molecular flexibility index (Phi) is 12.9. The van der Waals surface area contributed by atoms with Crippen LogP contribution in [-0.4, -0.2) is 36.2 Å². The second-order valence-corrected chi connectivity index (χ2v) is 11.5. The molecule has 0 atom stereocenters. The molecule has 0 unspecified atom stereocenters. The standard InChI is InChI=1S/C34H28Br2N4O6/c35-27-15-17-29(45-33(43)23-9-3-1-4-10-23)25(19-27)21-37-39-31(41)13-7-8-14-32(42)40-38-22-26-20-28(36)16-18-30(26)46-34(44)24-11-5-2-6-12-24/h1-6,9-12,15-22H,7-8,13-14H2,(H,39,41)(H,40,42). The molecule has 4 aromatic rings. The lowest BCUT2D eigenvalue weighted by atomic mass is 10.2. The minimum absolute atomic E-state index is 0.149. The number of nitrogens with zero attached hydrogens (tertiary/aromatic N) is 2. The van der Waals surface area contributed by atoms with Gasteiger partial charge in [-0.3, -0.25) is 9.59 Å². The van der Waals surface area contributed by atoms with Crippen LogP contribution in [-0.2, 0) is 9.59 Å². The highest BCUT2D eigenvalue weighted by Gasteiger charge is 2.13. The Balaban J connectivity index is 1.19. The number of hydrogen-bond acceptors (Lipinski definition) is 8. The van der Waals surface area contributed by atoms with Gasteiger partial charge in [-0.1, -0.05) is 68.3 Å². The van der Waals surface area contributed by atoms with Gasteiger partial charge in [0.25, 0.3) is 0 Å². The second-order valence-electron chi connectivity index (χ2n) is 9.67. The number of hydrogen-bond donors (Lipinski definition) is 2. The maximum Gasteiger partial charge on any atom is 0.343 e. The van der Waals surface area contributed by atoms with Gasteiger partial charge >= 0.3 is 11.9 Å². The first-order valence-corrected chi connectivity index (χ1v) is 15.6. The molecule has 0 spiro atoms. The summed E-state index contributed by atoms with van der Waals surface area (Å²) in [6, 6.07) is 27.3. The van der Waals surface area contributed by atoms with Crippen molar-refractivity contribution in [2.45, 2.75) is 25.7 Å². The van der Waals surface area contributed by atoms with E-state index in [9.17, 15) is 19.2 Å². The first-order chi connectivity index (χ1) is 22.3. The Morgan fingerprint density at radius 2 is 0.978 bits per heavy atom. The van der Waals surface area contributed by atoms with E-state index in [4.69, 9.17) is 9.47 Å². The Morgan fingerprint density at radius 3 is 1.37 bits per heavy atom. The first kappa shape index (κ1) is 33.9. The number of nitrogens with one attached hydrogen (secondary N) is 2. The summed E-state index contributed by atoms with van der Waals surface area (Å²) in [5.41, 5.74) is 6.68.